The molecule has 0 amide bonds. The van der Waals surface area contributed by atoms with Gasteiger partial charge >= 0.3 is 0 Å². The Bertz CT molecular complexity index is 900. The van der Waals surface area contributed by atoms with Crippen LogP contribution < -0.4 is 0 Å². The smallest absolute Gasteiger partial charge is 0.241 e. The first-order valence-electron chi connectivity index (χ1n) is 10.6. The van der Waals surface area contributed by atoms with Crippen molar-refractivity contribution >= 4 is 13.9 Å². The third-order valence-electron chi connectivity index (χ3n) is 4.77. The zero-order valence-electron chi connectivity index (χ0n) is 18.6. The first-order valence-corrected chi connectivity index (χ1v) is 14.3. The molecule has 0 atom stereocenters. The number of benzene rings is 2. The highest BCUT2D eigenvalue weighted by molar-refractivity contribution is 6.76. The fourth-order valence-corrected chi connectivity index (χ4v) is 3.82. The van der Waals surface area contributed by atoms with Crippen LogP contribution >= 0.6 is 0 Å². The molecule has 0 aliphatic heterocycles. The third-order valence-corrected chi connectivity index (χ3v) is 6.47. The summed E-state index contributed by atoms with van der Waals surface area (Å²) >= 11 is 0. The lowest BCUT2D eigenvalue weighted by atomic mass is 10.1. The molecule has 1 aromatic heterocycles. The van der Waals surface area contributed by atoms with Crippen LogP contribution in [-0.2, 0) is 24.6 Å². The molecule has 164 valence electrons. The van der Waals surface area contributed by atoms with Crippen LogP contribution in [0.3, 0.4) is 0 Å². The molecule has 0 saturated carbocycles. The second-order valence-corrected chi connectivity index (χ2v) is 14.5. The highest BCUT2D eigenvalue weighted by Crippen LogP contribution is 2.11. The van der Waals surface area contributed by atoms with Crippen LogP contribution in [0.1, 0.15) is 21.7 Å². The molecule has 31 heavy (non-hydrogen) atoms. The van der Waals surface area contributed by atoms with Crippen LogP contribution in [0, 0.1) is 0 Å². The average molecular weight is 438 g/mol. The van der Waals surface area contributed by atoms with E-state index in [9.17, 15) is 4.79 Å². The van der Waals surface area contributed by atoms with Gasteiger partial charge in [-0.3, -0.25) is 9.69 Å². The molecule has 0 aliphatic carbocycles. The van der Waals surface area contributed by atoms with E-state index in [1.165, 1.54) is 4.80 Å². The van der Waals surface area contributed by atoms with Crippen molar-refractivity contribution in [2.75, 3.05) is 13.2 Å². The number of carbonyl (C=O) groups is 1. The minimum Gasteiger partial charge on any atom is -0.358 e. The second kappa shape index (κ2) is 11.1. The first-order chi connectivity index (χ1) is 14.9. The summed E-state index contributed by atoms with van der Waals surface area (Å²) < 4.78 is 5.64. The highest BCUT2D eigenvalue weighted by atomic mass is 28.3. The quantitative estimate of drug-likeness (QED) is 0.243. The summed E-state index contributed by atoms with van der Waals surface area (Å²) in [6.07, 6.45) is 0. The van der Waals surface area contributed by atoms with E-state index in [1.54, 1.807) is 0 Å². The zero-order valence-corrected chi connectivity index (χ0v) is 19.6. The van der Waals surface area contributed by atoms with Crippen molar-refractivity contribution in [1.82, 2.24) is 25.1 Å². The lowest BCUT2D eigenvalue weighted by molar-refractivity contribution is 0.0669. The fraction of sp³-hybridized carbons (Fsp3) is 0.391. The molecule has 0 saturated heterocycles. The maximum absolute atomic E-state index is 12.9. The molecule has 7 nitrogen and oxygen atoms in total. The SMILES string of the molecule is C[Si](C)(C)CCOCn1nnc(C(=O)CN(Cc2ccccc2)Cc2ccccc2)n1. The van der Waals surface area contributed by atoms with E-state index in [1.807, 2.05) is 36.4 Å². The van der Waals surface area contributed by atoms with Crippen molar-refractivity contribution in [2.24, 2.45) is 0 Å². The van der Waals surface area contributed by atoms with Gasteiger partial charge in [0, 0.05) is 27.8 Å². The van der Waals surface area contributed by atoms with E-state index in [2.05, 4.69) is 64.2 Å². The molecule has 0 bridgehead atoms. The predicted octanol–water partition coefficient (Wildman–Crippen LogP) is 3.87. The lowest BCUT2D eigenvalue weighted by Gasteiger charge is -2.21. The molecular formula is C23H31N5O2Si. The monoisotopic (exact) mass is 437 g/mol. The van der Waals surface area contributed by atoms with Crippen molar-refractivity contribution in [1.29, 1.82) is 0 Å². The molecule has 1 heterocycles. The van der Waals surface area contributed by atoms with Gasteiger partial charge in [0.05, 0.1) is 6.54 Å². The number of rotatable bonds is 12. The molecule has 0 radical (unpaired) electrons. The largest absolute Gasteiger partial charge is 0.358 e. The molecule has 3 aromatic rings. The number of Topliss-reactive ketones (excluding diaryl/α,β-unsaturated/α-hetero) is 1. The van der Waals surface area contributed by atoms with E-state index >= 15 is 0 Å². The van der Waals surface area contributed by atoms with Crippen molar-refractivity contribution in [2.45, 2.75) is 45.5 Å². The number of ether oxygens (including phenoxy) is 1. The van der Waals surface area contributed by atoms with E-state index < -0.39 is 8.07 Å². The Morgan fingerprint density at radius 3 is 2.10 bits per heavy atom. The summed E-state index contributed by atoms with van der Waals surface area (Å²) in [6, 6.07) is 21.3. The van der Waals surface area contributed by atoms with Gasteiger partial charge < -0.3 is 4.74 Å². The number of tetrazole rings is 1. The summed E-state index contributed by atoms with van der Waals surface area (Å²) in [5.41, 5.74) is 2.30. The summed E-state index contributed by atoms with van der Waals surface area (Å²) in [5, 5.41) is 12.1. The molecule has 0 N–H and O–H groups in total. The van der Waals surface area contributed by atoms with Gasteiger partial charge in [-0.1, -0.05) is 80.3 Å². The van der Waals surface area contributed by atoms with Crippen LogP contribution in [0.15, 0.2) is 60.7 Å². The number of carbonyl (C=O) groups excluding carboxylic acids is 1. The molecule has 3 rings (SSSR count). The van der Waals surface area contributed by atoms with Crippen LogP contribution in [0.5, 0.6) is 0 Å². The van der Waals surface area contributed by atoms with Crippen molar-refractivity contribution in [3.63, 3.8) is 0 Å². The Balaban J connectivity index is 1.60. The Morgan fingerprint density at radius 2 is 1.55 bits per heavy atom. The Hall–Kier alpha value is -2.68. The van der Waals surface area contributed by atoms with Gasteiger partial charge in [0.2, 0.25) is 11.6 Å². The first kappa shape index (κ1) is 23.0. The van der Waals surface area contributed by atoms with Crippen LogP contribution in [-0.4, -0.2) is 52.1 Å². The van der Waals surface area contributed by atoms with E-state index in [0.717, 1.165) is 17.2 Å². The normalized spacial score (nSPS) is 11.7. The maximum Gasteiger partial charge on any atom is 0.241 e. The van der Waals surface area contributed by atoms with Gasteiger partial charge in [-0.15, -0.1) is 15.0 Å². The summed E-state index contributed by atoms with van der Waals surface area (Å²) in [7, 11) is -1.14. The fourth-order valence-electron chi connectivity index (χ4n) is 3.06. The van der Waals surface area contributed by atoms with Gasteiger partial charge in [0.25, 0.3) is 0 Å². The molecular weight excluding hydrogens is 406 g/mol. The van der Waals surface area contributed by atoms with Crippen LogP contribution in [0.4, 0.5) is 0 Å². The minimum atomic E-state index is -1.14. The van der Waals surface area contributed by atoms with E-state index in [0.29, 0.717) is 19.7 Å². The van der Waals surface area contributed by atoms with Gasteiger partial charge in [-0.2, -0.15) is 0 Å². The second-order valence-electron chi connectivity index (χ2n) is 8.87. The lowest BCUT2D eigenvalue weighted by Crippen LogP contribution is -2.30. The zero-order chi connectivity index (χ0) is 22.1. The Morgan fingerprint density at radius 1 is 0.968 bits per heavy atom. The number of hydrogen-bond donors (Lipinski definition) is 0. The van der Waals surface area contributed by atoms with Crippen molar-refractivity contribution in [3.05, 3.63) is 77.6 Å². The van der Waals surface area contributed by atoms with Gasteiger partial charge in [0.1, 0.15) is 0 Å². The number of hydrogen-bond acceptors (Lipinski definition) is 6. The summed E-state index contributed by atoms with van der Waals surface area (Å²) in [6.45, 7) is 9.33. The van der Waals surface area contributed by atoms with Crippen LogP contribution in [0.25, 0.3) is 0 Å². The van der Waals surface area contributed by atoms with Crippen molar-refractivity contribution < 1.29 is 9.53 Å². The third kappa shape index (κ3) is 8.16. The Labute approximate surface area is 185 Å². The van der Waals surface area contributed by atoms with E-state index in [-0.39, 0.29) is 24.9 Å². The van der Waals surface area contributed by atoms with Gasteiger partial charge in [-0.25, -0.2) is 0 Å². The number of nitrogens with zero attached hydrogens (tertiary/aromatic N) is 5. The van der Waals surface area contributed by atoms with Crippen molar-refractivity contribution in [3.8, 4) is 0 Å². The summed E-state index contributed by atoms with van der Waals surface area (Å²) in [5.74, 6) is -0.0277. The summed E-state index contributed by atoms with van der Waals surface area (Å²) in [4.78, 5) is 16.3. The van der Waals surface area contributed by atoms with E-state index in [4.69, 9.17) is 4.74 Å². The maximum atomic E-state index is 12.9. The Kier molecular flexibility index (Phi) is 8.22. The topological polar surface area (TPSA) is 73.1 Å². The molecule has 0 fully saturated rings. The molecule has 0 unspecified atom stereocenters. The standard InChI is InChI=1S/C23H31N5O2Si/c1-31(2,3)15-14-30-19-28-25-23(24-26-28)22(29)18-27(16-20-10-6-4-7-11-20)17-21-12-8-5-9-13-21/h4-13H,14-19H2,1-3H3. The highest BCUT2D eigenvalue weighted by Gasteiger charge is 2.18. The number of ketones is 1. The minimum absolute atomic E-state index is 0.125. The molecule has 0 aliphatic rings. The molecule has 0 spiro atoms. The average Bonchev–Trinajstić information content (AvgIpc) is 3.21. The molecule has 2 aromatic carbocycles. The van der Waals surface area contributed by atoms with Gasteiger partial charge in [0.15, 0.2) is 6.73 Å². The number of aromatic nitrogens is 4. The van der Waals surface area contributed by atoms with Gasteiger partial charge in [-0.05, 0) is 22.4 Å². The van der Waals surface area contributed by atoms with Crippen LogP contribution in [0.2, 0.25) is 25.7 Å². The predicted molar refractivity (Wildman–Crippen MR) is 123 cm³/mol. The molecule has 8 heteroatoms.